The summed E-state index contributed by atoms with van der Waals surface area (Å²) in [6.07, 6.45) is 3.25. The van der Waals surface area contributed by atoms with Gasteiger partial charge in [-0.25, -0.2) is 0 Å². The summed E-state index contributed by atoms with van der Waals surface area (Å²) < 4.78 is 2.15. The summed E-state index contributed by atoms with van der Waals surface area (Å²) in [5.41, 5.74) is 3.99. The lowest BCUT2D eigenvalue weighted by molar-refractivity contribution is 0.551. The van der Waals surface area contributed by atoms with Gasteiger partial charge in [0.2, 0.25) is 0 Å². The fraction of sp³-hybridized carbons (Fsp3) is 0.500. The van der Waals surface area contributed by atoms with Crippen molar-refractivity contribution in [2.75, 3.05) is 13.6 Å². The number of likely N-dealkylation sites (N-methyl/N-ethyl adjacent to an activating group) is 1. The predicted molar refractivity (Wildman–Crippen MR) is 88.7 cm³/mol. The van der Waals surface area contributed by atoms with E-state index >= 15 is 0 Å². The smallest absolute Gasteiger partial charge is 0.0624 e. The van der Waals surface area contributed by atoms with Gasteiger partial charge in [0, 0.05) is 18.8 Å². The Kier molecular flexibility index (Phi) is 6.00. The van der Waals surface area contributed by atoms with Gasteiger partial charge < -0.3 is 5.32 Å². The minimum atomic E-state index is 0.557. The molecule has 21 heavy (non-hydrogen) atoms. The standard InChI is InChI=1S/C18H27N3/c1-4-17-13-18(21(5-2)20-17)12-11-16(14-19-3)15-9-7-6-8-10-15/h6-10,13,16,19H,4-5,11-12,14H2,1-3H3. The summed E-state index contributed by atoms with van der Waals surface area (Å²) in [5.74, 6) is 0.557. The third-order valence-corrected chi connectivity index (χ3v) is 4.05. The van der Waals surface area contributed by atoms with Crippen molar-refractivity contribution in [2.24, 2.45) is 0 Å². The van der Waals surface area contributed by atoms with E-state index in [2.05, 4.69) is 65.3 Å². The molecule has 0 aliphatic rings. The summed E-state index contributed by atoms with van der Waals surface area (Å²) in [7, 11) is 2.03. The van der Waals surface area contributed by atoms with Crippen LogP contribution in [0, 0.1) is 0 Å². The number of hydrogen-bond acceptors (Lipinski definition) is 2. The van der Waals surface area contributed by atoms with Crippen LogP contribution in [0.2, 0.25) is 0 Å². The molecule has 1 unspecified atom stereocenters. The average molecular weight is 285 g/mol. The van der Waals surface area contributed by atoms with Crippen LogP contribution in [-0.4, -0.2) is 23.4 Å². The Morgan fingerprint density at radius 2 is 1.95 bits per heavy atom. The van der Waals surface area contributed by atoms with E-state index in [1.165, 1.54) is 17.0 Å². The number of nitrogens with one attached hydrogen (secondary N) is 1. The lowest BCUT2D eigenvalue weighted by Gasteiger charge is -2.17. The fourth-order valence-electron chi connectivity index (χ4n) is 2.84. The zero-order chi connectivity index (χ0) is 15.1. The molecule has 0 spiro atoms. The van der Waals surface area contributed by atoms with Gasteiger partial charge in [-0.3, -0.25) is 4.68 Å². The van der Waals surface area contributed by atoms with E-state index in [0.29, 0.717) is 5.92 Å². The molecule has 2 rings (SSSR count). The Labute approximate surface area is 128 Å². The maximum atomic E-state index is 4.64. The summed E-state index contributed by atoms with van der Waals surface area (Å²) in [6.45, 7) is 6.31. The van der Waals surface area contributed by atoms with Gasteiger partial charge >= 0.3 is 0 Å². The maximum Gasteiger partial charge on any atom is 0.0624 e. The van der Waals surface area contributed by atoms with Crippen molar-refractivity contribution in [1.82, 2.24) is 15.1 Å². The number of hydrogen-bond donors (Lipinski definition) is 1. The van der Waals surface area contributed by atoms with Gasteiger partial charge in [-0.1, -0.05) is 37.3 Å². The maximum absolute atomic E-state index is 4.64. The molecule has 0 bridgehead atoms. The third-order valence-electron chi connectivity index (χ3n) is 4.05. The van der Waals surface area contributed by atoms with Crippen molar-refractivity contribution in [3.63, 3.8) is 0 Å². The summed E-state index contributed by atoms with van der Waals surface area (Å²) in [6, 6.07) is 13.1. The second-order valence-electron chi connectivity index (χ2n) is 5.50. The van der Waals surface area contributed by atoms with Gasteiger partial charge in [0.05, 0.1) is 5.69 Å². The van der Waals surface area contributed by atoms with Crippen LogP contribution in [0.25, 0.3) is 0 Å². The minimum absolute atomic E-state index is 0.557. The zero-order valence-corrected chi connectivity index (χ0v) is 13.5. The lowest BCUT2D eigenvalue weighted by atomic mass is 9.93. The molecule has 0 aliphatic heterocycles. The Morgan fingerprint density at radius 1 is 1.19 bits per heavy atom. The lowest BCUT2D eigenvalue weighted by Crippen LogP contribution is -2.18. The van der Waals surface area contributed by atoms with Crippen molar-refractivity contribution in [3.8, 4) is 0 Å². The first-order valence-corrected chi connectivity index (χ1v) is 8.03. The first-order valence-electron chi connectivity index (χ1n) is 8.03. The molecule has 0 saturated heterocycles. The number of aromatic nitrogens is 2. The number of aryl methyl sites for hydroxylation is 3. The summed E-state index contributed by atoms with van der Waals surface area (Å²) in [4.78, 5) is 0. The Hall–Kier alpha value is -1.61. The third kappa shape index (κ3) is 4.18. The Bertz CT molecular complexity index is 531. The molecule has 3 heteroatoms. The van der Waals surface area contributed by atoms with Crippen molar-refractivity contribution in [2.45, 2.75) is 45.6 Å². The van der Waals surface area contributed by atoms with Gasteiger partial charge in [-0.15, -0.1) is 0 Å². The Balaban J connectivity index is 2.06. The van der Waals surface area contributed by atoms with Gasteiger partial charge in [0.25, 0.3) is 0 Å². The predicted octanol–water partition coefficient (Wildman–Crippen LogP) is 3.40. The van der Waals surface area contributed by atoms with Crippen molar-refractivity contribution < 1.29 is 0 Å². The minimum Gasteiger partial charge on any atom is -0.319 e. The van der Waals surface area contributed by atoms with E-state index in [1.54, 1.807) is 0 Å². The van der Waals surface area contributed by atoms with Crippen molar-refractivity contribution >= 4 is 0 Å². The molecule has 3 nitrogen and oxygen atoms in total. The van der Waals surface area contributed by atoms with E-state index in [4.69, 9.17) is 0 Å². The summed E-state index contributed by atoms with van der Waals surface area (Å²) >= 11 is 0. The van der Waals surface area contributed by atoms with Crippen LogP contribution in [-0.2, 0) is 19.4 Å². The quantitative estimate of drug-likeness (QED) is 0.805. The molecule has 0 amide bonds. The molecular formula is C18H27N3. The normalized spacial score (nSPS) is 12.5. The van der Waals surface area contributed by atoms with Crippen LogP contribution in [0.1, 0.15) is 43.1 Å². The molecule has 1 aromatic carbocycles. The summed E-state index contributed by atoms with van der Waals surface area (Å²) in [5, 5.41) is 7.97. The fourth-order valence-corrected chi connectivity index (χ4v) is 2.84. The molecule has 1 N–H and O–H groups in total. The average Bonchev–Trinajstić information content (AvgIpc) is 2.94. The second-order valence-corrected chi connectivity index (χ2v) is 5.50. The number of nitrogens with zero attached hydrogens (tertiary/aromatic N) is 2. The highest BCUT2D eigenvalue weighted by molar-refractivity contribution is 5.20. The van der Waals surface area contributed by atoms with Crippen LogP contribution >= 0.6 is 0 Å². The van der Waals surface area contributed by atoms with Crippen LogP contribution in [0.5, 0.6) is 0 Å². The van der Waals surface area contributed by atoms with Gasteiger partial charge in [-0.2, -0.15) is 5.10 Å². The van der Waals surface area contributed by atoms with Crippen LogP contribution in [0.3, 0.4) is 0 Å². The molecule has 2 aromatic rings. The number of benzene rings is 1. The highest BCUT2D eigenvalue weighted by Gasteiger charge is 2.13. The molecule has 1 heterocycles. The molecular weight excluding hydrogens is 258 g/mol. The zero-order valence-electron chi connectivity index (χ0n) is 13.5. The van der Waals surface area contributed by atoms with Crippen molar-refractivity contribution in [3.05, 3.63) is 53.3 Å². The largest absolute Gasteiger partial charge is 0.319 e. The molecule has 0 saturated carbocycles. The second kappa shape index (κ2) is 7.99. The number of rotatable bonds is 8. The molecule has 0 aliphatic carbocycles. The van der Waals surface area contributed by atoms with E-state index in [9.17, 15) is 0 Å². The van der Waals surface area contributed by atoms with Gasteiger partial charge in [0.15, 0.2) is 0 Å². The van der Waals surface area contributed by atoms with Gasteiger partial charge in [0.1, 0.15) is 0 Å². The molecule has 114 valence electrons. The van der Waals surface area contributed by atoms with E-state index in [1.807, 2.05) is 7.05 Å². The SMILES string of the molecule is CCc1cc(CCC(CNC)c2ccccc2)n(CC)n1. The van der Waals surface area contributed by atoms with Crippen LogP contribution in [0.4, 0.5) is 0 Å². The first-order chi connectivity index (χ1) is 10.3. The van der Waals surface area contributed by atoms with E-state index in [0.717, 1.165) is 32.4 Å². The highest BCUT2D eigenvalue weighted by Crippen LogP contribution is 2.21. The molecule has 0 fully saturated rings. The first kappa shape index (κ1) is 15.8. The van der Waals surface area contributed by atoms with Crippen LogP contribution < -0.4 is 5.32 Å². The monoisotopic (exact) mass is 285 g/mol. The molecule has 1 aromatic heterocycles. The topological polar surface area (TPSA) is 29.9 Å². The Morgan fingerprint density at radius 3 is 2.57 bits per heavy atom. The molecule has 1 atom stereocenters. The van der Waals surface area contributed by atoms with E-state index < -0.39 is 0 Å². The van der Waals surface area contributed by atoms with E-state index in [-0.39, 0.29) is 0 Å². The molecule has 0 radical (unpaired) electrons. The van der Waals surface area contributed by atoms with Crippen molar-refractivity contribution in [1.29, 1.82) is 0 Å². The highest BCUT2D eigenvalue weighted by atomic mass is 15.3. The van der Waals surface area contributed by atoms with Gasteiger partial charge in [-0.05, 0) is 50.8 Å². The van der Waals surface area contributed by atoms with Crippen LogP contribution in [0.15, 0.2) is 36.4 Å².